The van der Waals surface area contributed by atoms with E-state index in [1.54, 1.807) is 38.6 Å². The number of carbonyl (C=O) groups is 1. The molecule has 2 N–H and O–H groups in total. The van der Waals surface area contributed by atoms with E-state index in [2.05, 4.69) is 15.6 Å². The van der Waals surface area contributed by atoms with Crippen molar-refractivity contribution < 1.29 is 14.3 Å². The fourth-order valence-electron chi connectivity index (χ4n) is 2.45. The van der Waals surface area contributed by atoms with Crippen molar-refractivity contribution in [2.45, 2.75) is 25.8 Å². The Morgan fingerprint density at radius 3 is 2.72 bits per heavy atom. The standard InChI is InChI=1S/C19H25N3O3/c1-14(20-11-9-15-6-4-5-10-21-15)12-19(23)22-17-8-7-16(24-2)13-18(17)25-3/h4-8,10,13-14,20H,9,11-12H2,1-3H3,(H,22,23). The SMILES string of the molecule is COc1ccc(NC(=O)CC(C)NCCc2ccccn2)c(OC)c1. The molecule has 1 aromatic heterocycles. The molecule has 0 saturated heterocycles. The first-order valence-electron chi connectivity index (χ1n) is 8.27. The molecule has 0 fully saturated rings. The van der Waals surface area contributed by atoms with Crippen molar-refractivity contribution in [3.63, 3.8) is 0 Å². The molecular formula is C19H25N3O3. The summed E-state index contributed by atoms with van der Waals surface area (Å²) in [5, 5.41) is 6.22. The van der Waals surface area contributed by atoms with Gasteiger partial charge in [-0.3, -0.25) is 9.78 Å². The third-order valence-corrected chi connectivity index (χ3v) is 3.77. The summed E-state index contributed by atoms with van der Waals surface area (Å²) in [6.45, 7) is 2.76. The Balaban J connectivity index is 1.79. The molecule has 2 rings (SSSR count). The first kappa shape index (κ1) is 18.7. The van der Waals surface area contributed by atoms with Gasteiger partial charge in [-0.1, -0.05) is 6.07 Å². The van der Waals surface area contributed by atoms with Gasteiger partial charge in [0.15, 0.2) is 0 Å². The van der Waals surface area contributed by atoms with Crippen LogP contribution in [-0.2, 0) is 11.2 Å². The van der Waals surface area contributed by atoms with Gasteiger partial charge >= 0.3 is 0 Å². The summed E-state index contributed by atoms with van der Waals surface area (Å²) in [4.78, 5) is 16.5. The number of methoxy groups -OCH3 is 2. The van der Waals surface area contributed by atoms with Crippen molar-refractivity contribution in [2.24, 2.45) is 0 Å². The third-order valence-electron chi connectivity index (χ3n) is 3.77. The predicted octanol–water partition coefficient (Wildman–Crippen LogP) is 2.65. The Kier molecular flexibility index (Phi) is 7.22. The molecule has 134 valence electrons. The third kappa shape index (κ3) is 6.08. The normalized spacial score (nSPS) is 11.6. The second-order valence-corrected chi connectivity index (χ2v) is 5.74. The average molecular weight is 343 g/mol. The van der Waals surface area contributed by atoms with Crippen LogP contribution in [0.3, 0.4) is 0 Å². The minimum atomic E-state index is -0.0682. The van der Waals surface area contributed by atoms with Crippen LogP contribution in [-0.4, -0.2) is 37.7 Å². The fraction of sp³-hybridized carbons (Fsp3) is 0.368. The maximum atomic E-state index is 12.2. The summed E-state index contributed by atoms with van der Waals surface area (Å²) in [5.41, 5.74) is 1.67. The molecule has 1 atom stereocenters. The number of amides is 1. The number of carbonyl (C=O) groups excluding carboxylic acids is 1. The van der Waals surface area contributed by atoms with E-state index in [0.717, 1.165) is 18.7 Å². The van der Waals surface area contributed by atoms with Gasteiger partial charge in [0.05, 0.1) is 19.9 Å². The van der Waals surface area contributed by atoms with Gasteiger partial charge < -0.3 is 20.1 Å². The highest BCUT2D eigenvalue weighted by atomic mass is 16.5. The lowest BCUT2D eigenvalue weighted by Crippen LogP contribution is -2.32. The van der Waals surface area contributed by atoms with Crippen LogP contribution in [0.1, 0.15) is 19.0 Å². The van der Waals surface area contributed by atoms with Gasteiger partial charge in [0.25, 0.3) is 0 Å². The van der Waals surface area contributed by atoms with Crippen LogP contribution in [0.5, 0.6) is 11.5 Å². The lowest BCUT2D eigenvalue weighted by atomic mass is 10.2. The van der Waals surface area contributed by atoms with Gasteiger partial charge in [0, 0.05) is 43.4 Å². The van der Waals surface area contributed by atoms with E-state index in [1.165, 1.54) is 0 Å². The maximum absolute atomic E-state index is 12.2. The number of nitrogens with zero attached hydrogens (tertiary/aromatic N) is 1. The Hall–Kier alpha value is -2.60. The molecule has 25 heavy (non-hydrogen) atoms. The van der Waals surface area contributed by atoms with E-state index in [1.807, 2.05) is 25.1 Å². The van der Waals surface area contributed by atoms with Crippen molar-refractivity contribution in [1.82, 2.24) is 10.3 Å². The molecule has 6 nitrogen and oxygen atoms in total. The molecule has 6 heteroatoms. The zero-order valence-electron chi connectivity index (χ0n) is 14.9. The molecule has 1 amide bonds. The highest BCUT2D eigenvalue weighted by molar-refractivity contribution is 5.92. The zero-order chi connectivity index (χ0) is 18.1. The number of pyridine rings is 1. The van der Waals surface area contributed by atoms with Gasteiger partial charge in [0.2, 0.25) is 5.91 Å². The van der Waals surface area contributed by atoms with Gasteiger partial charge in [-0.2, -0.15) is 0 Å². The van der Waals surface area contributed by atoms with Crippen LogP contribution >= 0.6 is 0 Å². The number of hydrogen-bond acceptors (Lipinski definition) is 5. The number of aromatic nitrogens is 1. The highest BCUT2D eigenvalue weighted by Crippen LogP contribution is 2.29. The number of rotatable bonds is 9. The summed E-state index contributed by atoms with van der Waals surface area (Å²) in [6, 6.07) is 11.2. The van der Waals surface area contributed by atoms with Crippen molar-refractivity contribution in [3.05, 3.63) is 48.3 Å². The van der Waals surface area contributed by atoms with E-state index < -0.39 is 0 Å². The van der Waals surface area contributed by atoms with Crippen molar-refractivity contribution >= 4 is 11.6 Å². The molecule has 1 unspecified atom stereocenters. The predicted molar refractivity (Wildman–Crippen MR) is 98.2 cm³/mol. The quantitative estimate of drug-likeness (QED) is 0.732. The molecule has 0 aliphatic rings. The lowest BCUT2D eigenvalue weighted by molar-refractivity contribution is -0.116. The van der Waals surface area contributed by atoms with E-state index in [0.29, 0.717) is 23.6 Å². The van der Waals surface area contributed by atoms with Crippen LogP contribution in [0, 0.1) is 0 Å². The molecule has 0 radical (unpaired) electrons. The average Bonchev–Trinajstić information content (AvgIpc) is 2.62. The number of hydrogen-bond donors (Lipinski definition) is 2. The van der Waals surface area contributed by atoms with Crippen LogP contribution in [0.2, 0.25) is 0 Å². The van der Waals surface area contributed by atoms with Crippen molar-refractivity contribution in [1.29, 1.82) is 0 Å². The Morgan fingerprint density at radius 2 is 2.04 bits per heavy atom. The van der Waals surface area contributed by atoms with Gasteiger partial charge in [0.1, 0.15) is 11.5 Å². The summed E-state index contributed by atoms with van der Waals surface area (Å²) in [7, 11) is 3.15. The molecule has 1 aromatic carbocycles. The monoisotopic (exact) mass is 343 g/mol. The Morgan fingerprint density at radius 1 is 1.20 bits per heavy atom. The molecule has 0 aliphatic heterocycles. The van der Waals surface area contributed by atoms with Crippen molar-refractivity contribution in [2.75, 3.05) is 26.1 Å². The first-order chi connectivity index (χ1) is 12.1. The smallest absolute Gasteiger partial charge is 0.226 e. The summed E-state index contributed by atoms with van der Waals surface area (Å²) in [6.07, 6.45) is 2.99. The van der Waals surface area contributed by atoms with E-state index in [4.69, 9.17) is 9.47 Å². The zero-order valence-corrected chi connectivity index (χ0v) is 14.9. The lowest BCUT2D eigenvalue weighted by Gasteiger charge is -2.15. The summed E-state index contributed by atoms with van der Waals surface area (Å²) in [5.74, 6) is 1.18. The minimum absolute atomic E-state index is 0.0629. The summed E-state index contributed by atoms with van der Waals surface area (Å²) >= 11 is 0. The highest BCUT2D eigenvalue weighted by Gasteiger charge is 2.12. The number of anilines is 1. The maximum Gasteiger partial charge on any atom is 0.226 e. The largest absolute Gasteiger partial charge is 0.497 e. The second-order valence-electron chi connectivity index (χ2n) is 5.74. The van der Waals surface area contributed by atoms with Crippen LogP contribution in [0.15, 0.2) is 42.6 Å². The molecule has 2 aromatic rings. The van der Waals surface area contributed by atoms with Gasteiger partial charge in [-0.15, -0.1) is 0 Å². The van der Waals surface area contributed by atoms with Crippen LogP contribution in [0.4, 0.5) is 5.69 Å². The topological polar surface area (TPSA) is 72.5 Å². The minimum Gasteiger partial charge on any atom is -0.497 e. The van der Waals surface area contributed by atoms with E-state index >= 15 is 0 Å². The molecule has 0 saturated carbocycles. The first-order valence-corrected chi connectivity index (χ1v) is 8.27. The molecular weight excluding hydrogens is 318 g/mol. The fourth-order valence-corrected chi connectivity index (χ4v) is 2.45. The van der Waals surface area contributed by atoms with E-state index in [-0.39, 0.29) is 11.9 Å². The Labute approximate surface area is 148 Å². The van der Waals surface area contributed by atoms with Crippen molar-refractivity contribution in [3.8, 4) is 11.5 Å². The van der Waals surface area contributed by atoms with Crippen LogP contribution in [0.25, 0.3) is 0 Å². The molecule has 1 heterocycles. The summed E-state index contributed by atoms with van der Waals surface area (Å²) < 4.78 is 10.4. The van der Waals surface area contributed by atoms with Crippen LogP contribution < -0.4 is 20.1 Å². The Bertz CT molecular complexity index is 677. The molecule has 0 spiro atoms. The number of ether oxygens (including phenoxy) is 2. The van der Waals surface area contributed by atoms with Gasteiger partial charge in [-0.25, -0.2) is 0 Å². The second kappa shape index (κ2) is 9.64. The van der Waals surface area contributed by atoms with E-state index in [9.17, 15) is 4.79 Å². The number of benzene rings is 1. The molecule has 0 aliphatic carbocycles. The molecule has 0 bridgehead atoms. The van der Waals surface area contributed by atoms with Gasteiger partial charge in [-0.05, 0) is 31.2 Å². The number of nitrogens with one attached hydrogen (secondary N) is 2.